The summed E-state index contributed by atoms with van der Waals surface area (Å²) in [5, 5.41) is 21.4. The maximum atomic E-state index is 13.6. The molecule has 12 heteroatoms. The number of ether oxygens (including phenoxy) is 2. The summed E-state index contributed by atoms with van der Waals surface area (Å²) in [7, 11) is -2.55. The van der Waals surface area contributed by atoms with Crippen LogP contribution in [0.1, 0.15) is 22.5 Å². The van der Waals surface area contributed by atoms with Crippen molar-refractivity contribution in [1.29, 1.82) is 5.26 Å². The molecule has 1 saturated heterocycles. The van der Waals surface area contributed by atoms with E-state index in [-0.39, 0.29) is 53.8 Å². The maximum absolute atomic E-state index is 13.6. The number of halogens is 1. The van der Waals surface area contributed by atoms with E-state index in [0.29, 0.717) is 0 Å². The number of sulfonamides is 1. The average molecular weight is 474 g/mol. The minimum atomic E-state index is -4.03. The molecular formula is C21H19FN4O6S. The molecule has 10 nitrogen and oxygen atoms in total. The fourth-order valence-corrected chi connectivity index (χ4v) is 4.77. The molecule has 33 heavy (non-hydrogen) atoms. The zero-order valence-corrected chi connectivity index (χ0v) is 18.2. The zero-order chi connectivity index (χ0) is 23.8. The van der Waals surface area contributed by atoms with Crippen LogP contribution in [0.15, 0.2) is 29.3 Å². The van der Waals surface area contributed by atoms with Crippen molar-refractivity contribution in [3.05, 3.63) is 41.5 Å². The Morgan fingerprint density at radius 2 is 2.21 bits per heavy atom. The summed E-state index contributed by atoms with van der Waals surface area (Å²) < 4.78 is 53.7. The lowest BCUT2D eigenvalue weighted by Crippen LogP contribution is -2.48. The van der Waals surface area contributed by atoms with Crippen LogP contribution in [0.25, 0.3) is 0 Å². The summed E-state index contributed by atoms with van der Waals surface area (Å²) in [5.74, 6) is 3.85. The second-order valence-corrected chi connectivity index (χ2v) is 9.38. The molecule has 3 heterocycles. The highest BCUT2D eigenvalue weighted by atomic mass is 32.2. The third-order valence-corrected chi connectivity index (χ3v) is 6.57. The smallest absolute Gasteiger partial charge is 0.276 e. The summed E-state index contributed by atoms with van der Waals surface area (Å²) in [6.45, 7) is 0.0953. The molecule has 2 aliphatic rings. The number of amides is 1. The molecule has 4 rings (SSSR count). The molecule has 0 aliphatic carbocycles. The summed E-state index contributed by atoms with van der Waals surface area (Å²) in [6.07, 6.45) is 1.33. The van der Waals surface area contributed by atoms with E-state index >= 15 is 0 Å². The molecule has 0 saturated carbocycles. The Bertz CT molecular complexity index is 1330. The van der Waals surface area contributed by atoms with E-state index in [4.69, 9.17) is 14.7 Å². The molecule has 2 aliphatic heterocycles. The molecule has 2 aromatic rings. The summed E-state index contributed by atoms with van der Waals surface area (Å²) in [6, 6.07) is 4.47. The van der Waals surface area contributed by atoms with Gasteiger partial charge in [0.2, 0.25) is 10.0 Å². The van der Waals surface area contributed by atoms with E-state index in [1.165, 1.54) is 29.9 Å². The number of anilines is 1. The van der Waals surface area contributed by atoms with Gasteiger partial charge in [-0.15, -0.1) is 0 Å². The molecule has 1 aromatic carbocycles. The lowest BCUT2D eigenvalue weighted by atomic mass is 10.0. The third-order valence-electron chi connectivity index (χ3n) is 5.05. The molecule has 0 radical (unpaired) electrons. The van der Waals surface area contributed by atoms with Crippen molar-refractivity contribution in [2.24, 2.45) is 7.05 Å². The van der Waals surface area contributed by atoms with Crippen LogP contribution in [0.4, 0.5) is 10.1 Å². The first-order chi connectivity index (χ1) is 15.6. The molecule has 1 fully saturated rings. The number of aromatic nitrogens is 1. The van der Waals surface area contributed by atoms with Crippen LogP contribution in [0.3, 0.4) is 0 Å². The number of fused-ring (bicyclic) bond motifs is 1. The van der Waals surface area contributed by atoms with Gasteiger partial charge in [0.1, 0.15) is 23.4 Å². The van der Waals surface area contributed by atoms with Gasteiger partial charge in [0.05, 0.1) is 24.8 Å². The van der Waals surface area contributed by atoms with Gasteiger partial charge in [-0.05, 0) is 18.2 Å². The number of nitrogens with zero attached hydrogens (tertiary/aromatic N) is 2. The zero-order valence-electron chi connectivity index (χ0n) is 17.4. The number of benzene rings is 1. The van der Waals surface area contributed by atoms with Gasteiger partial charge in [0.25, 0.3) is 5.91 Å². The van der Waals surface area contributed by atoms with Crippen molar-refractivity contribution in [1.82, 2.24) is 9.29 Å². The Morgan fingerprint density at radius 3 is 2.88 bits per heavy atom. The van der Waals surface area contributed by atoms with Gasteiger partial charge in [-0.25, -0.2) is 17.5 Å². The number of rotatable bonds is 3. The molecule has 172 valence electrons. The van der Waals surface area contributed by atoms with E-state index in [2.05, 4.69) is 21.9 Å². The monoisotopic (exact) mass is 474 g/mol. The van der Waals surface area contributed by atoms with Gasteiger partial charge >= 0.3 is 0 Å². The number of carbonyl (C=O) groups is 1. The molecule has 1 atom stereocenters. The Balaban J connectivity index is 1.56. The van der Waals surface area contributed by atoms with Gasteiger partial charge in [0, 0.05) is 25.4 Å². The fourth-order valence-electron chi connectivity index (χ4n) is 3.36. The van der Waals surface area contributed by atoms with E-state index in [0.717, 1.165) is 6.07 Å². The van der Waals surface area contributed by atoms with Gasteiger partial charge in [-0.2, -0.15) is 5.26 Å². The van der Waals surface area contributed by atoms with E-state index in [9.17, 15) is 22.7 Å². The minimum Gasteiger partial charge on any atom is -0.488 e. The Labute approximate surface area is 189 Å². The summed E-state index contributed by atoms with van der Waals surface area (Å²) in [4.78, 5) is 12.7. The standard InChI is InChI=1S/C21H19FN4O6S/c1-26-9-17-19(18(26)20(27)24-14-4-5-16(22)13(7-14)8-23)32-10-15(25-33(17,29)30)3-2-6-21(28)11-31-12-21/h4-5,7,9,15,25,28H,3,10-12H2,1H3,(H,24,27)/t15-/m1/s1. The number of hydrogen-bond donors (Lipinski definition) is 3. The van der Waals surface area contributed by atoms with Crippen molar-refractivity contribution in [3.63, 3.8) is 0 Å². The minimum absolute atomic E-state index is 0.0640. The molecular weight excluding hydrogens is 455 g/mol. The first-order valence-corrected chi connectivity index (χ1v) is 11.3. The Hall–Kier alpha value is -3.42. The van der Waals surface area contributed by atoms with E-state index < -0.39 is 33.4 Å². The van der Waals surface area contributed by atoms with Gasteiger partial charge in [0.15, 0.2) is 17.0 Å². The van der Waals surface area contributed by atoms with E-state index in [1.807, 2.05) is 0 Å². The highest BCUT2D eigenvalue weighted by Gasteiger charge is 2.36. The van der Waals surface area contributed by atoms with Crippen LogP contribution in [-0.2, 0) is 21.8 Å². The largest absolute Gasteiger partial charge is 0.488 e. The van der Waals surface area contributed by atoms with E-state index in [1.54, 1.807) is 6.07 Å². The van der Waals surface area contributed by atoms with Crippen molar-refractivity contribution < 1.29 is 32.2 Å². The highest BCUT2D eigenvalue weighted by molar-refractivity contribution is 7.89. The molecule has 1 aromatic heterocycles. The predicted molar refractivity (Wildman–Crippen MR) is 112 cm³/mol. The topological polar surface area (TPSA) is 143 Å². The van der Waals surface area contributed by atoms with Crippen LogP contribution in [0.5, 0.6) is 5.75 Å². The third kappa shape index (κ3) is 4.55. The molecule has 0 unspecified atom stereocenters. The van der Waals surface area contributed by atoms with Crippen LogP contribution < -0.4 is 14.8 Å². The second-order valence-electron chi connectivity index (χ2n) is 7.70. The second kappa shape index (κ2) is 8.50. The molecule has 0 spiro atoms. The fraction of sp³-hybridized carbons (Fsp3) is 0.333. The number of hydrogen-bond acceptors (Lipinski definition) is 7. The van der Waals surface area contributed by atoms with Crippen molar-refractivity contribution >= 4 is 21.6 Å². The normalized spacial score (nSPS) is 20.0. The SMILES string of the molecule is Cn1cc2c(c1C(=O)Nc1ccc(F)c(C#N)c1)OC[C@@H](CC#CC1(O)COC1)NS2(=O)=O. The first-order valence-electron chi connectivity index (χ1n) is 9.77. The lowest BCUT2D eigenvalue weighted by Gasteiger charge is -2.31. The number of aliphatic hydroxyl groups is 1. The van der Waals surface area contributed by atoms with Crippen molar-refractivity contribution in [2.75, 3.05) is 25.1 Å². The quantitative estimate of drug-likeness (QED) is 0.549. The van der Waals surface area contributed by atoms with Gasteiger partial charge in [-0.1, -0.05) is 11.8 Å². The Kier molecular flexibility index (Phi) is 5.86. The lowest BCUT2D eigenvalue weighted by molar-refractivity contribution is -0.140. The van der Waals surface area contributed by atoms with Crippen LogP contribution in [0.2, 0.25) is 0 Å². The van der Waals surface area contributed by atoms with Crippen molar-refractivity contribution in [2.45, 2.75) is 23.0 Å². The Morgan fingerprint density at radius 1 is 1.45 bits per heavy atom. The van der Waals surface area contributed by atoms with Gasteiger partial charge < -0.3 is 24.5 Å². The number of aryl methyl sites for hydroxylation is 1. The maximum Gasteiger partial charge on any atom is 0.276 e. The number of nitrogens with one attached hydrogen (secondary N) is 2. The van der Waals surface area contributed by atoms with Crippen molar-refractivity contribution in [3.8, 4) is 23.7 Å². The highest BCUT2D eigenvalue weighted by Crippen LogP contribution is 2.33. The van der Waals surface area contributed by atoms with Crippen LogP contribution in [0, 0.1) is 29.0 Å². The van der Waals surface area contributed by atoms with Crippen LogP contribution >= 0.6 is 0 Å². The van der Waals surface area contributed by atoms with Crippen LogP contribution in [-0.4, -0.2) is 55.5 Å². The summed E-state index contributed by atoms with van der Waals surface area (Å²) in [5.41, 5.74) is -1.37. The first kappa shape index (κ1) is 22.8. The number of carbonyl (C=O) groups excluding carboxylic acids is 1. The molecule has 1 amide bonds. The predicted octanol–water partition coefficient (Wildman–Crippen LogP) is 0.482. The number of nitriles is 1. The molecule has 0 bridgehead atoms. The molecule has 3 N–H and O–H groups in total. The average Bonchev–Trinajstić information content (AvgIpc) is 3.03. The van der Waals surface area contributed by atoms with Gasteiger partial charge in [-0.3, -0.25) is 4.79 Å². The summed E-state index contributed by atoms with van der Waals surface area (Å²) >= 11 is 0.